The fourth-order valence-electron chi connectivity index (χ4n) is 3.06. The third-order valence-electron chi connectivity index (χ3n) is 4.50. The Hall–Kier alpha value is -1.49. The molecular weight excluding hydrogens is 328 g/mol. The number of para-hydroxylation sites is 1. The van der Waals surface area contributed by atoms with Crippen molar-refractivity contribution in [2.75, 3.05) is 56.6 Å². The molecule has 1 saturated heterocycles. The number of hydrogen-bond donors (Lipinski definition) is 0. The first kappa shape index (κ1) is 18.3. The van der Waals surface area contributed by atoms with Gasteiger partial charge in [0.05, 0.1) is 13.2 Å². The van der Waals surface area contributed by atoms with E-state index in [1.54, 1.807) is 0 Å². The van der Waals surface area contributed by atoms with E-state index in [0.29, 0.717) is 0 Å². The standard InChI is InChI=1S/C21H28N2OS/c1-3-8-20(9-4-1)23(14-13-22-15-17-24-18-16-22)12-7-19-25-21-10-5-2-6-11-21/h1-6,8-11H,7,12-19H2. The molecule has 0 radical (unpaired) electrons. The first-order valence-electron chi connectivity index (χ1n) is 9.20. The minimum Gasteiger partial charge on any atom is -0.379 e. The summed E-state index contributed by atoms with van der Waals surface area (Å²) in [6.07, 6.45) is 1.19. The number of ether oxygens (including phenoxy) is 1. The highest BCUT2D eigenvalue weighted by atomic mass is 32.2. The molecule has 0 aliphatic carbocycles. The van der Waals surface area contributed by atoms with Crippen LogP contribution in [0.5, 0.6) is 0 Å². The van der Waals surface area contributed by atoms with Gasteiger partial charge in [0.1, 0.15) is 0 Å². The fraction of sp³-hybridized carbons (Fsp3) is 0.429. The van der Waals surface area contributed by atoms with Crippen molar-refractivity contribution in [1.29, 1.82) is 0 Å². The topological polar surface area (TPSA) is 15.7 Å². The molecule has 0 atom stereocenters. The maximum Gasteiger partial charge on any atom is 0.0594 e. The molecule has 0 aromatic heterocycles. The van der Waals surface area contributed by atoms with E-state index in [4.69, 9.17) is 4.74 Å². The Bertz CT molecular complexity index is 587. The van der Waals surface area contributed by atoms with E-state index in [-0.39, 0.29) is 0 Å². The molecule has 0 spiro atoms. The third-order valence-corrected chi connectivity index (χ3v) is 5.59. The zero-order valence-electron chi connectivity index (χ0n) is 14.8. The van der Waals surface area contributed by atoms with Gasteiger partial charge in [0.25, 0.3) is 0 Å². The molecule has 1 heterocycles. The summed E-state index contributed by atoms with van der Waals surface area (Å²) in [5.74, 6) is 1.16. The monoisotopic (exact) mass is 356 g/mol. The molecule has 3 rings (SSSR count). The Labute approximate surface area is 156 Å². The summed E-state index contributed by atoms with van der Waals surface area (Å²) in [5, 5.41) is 0. The molecule has 1 aliphatic rings. The summed E-state index contributed by atoms with van der Waals surface area (Å²) in [6, 6.07) is 21.5. The quantitative estimate of drug-likeness (QED) is 0.498. The highest BCUT2D eigenvalue weighted by molar-refractivity contribution is 7.99. The number of benzene rings is 2. The molecule has 0 bridgehead atoms. The van der Waals surface area contributed by atoms with Crippen molar-refractivity contribution in [2.24, 2.45) is 0 Å². The number of nitrogens with zero attached hydrogens (tertiary/aromatic N) is 2. The molecule has 1 aliphatic heterocycles. The van der Waals surface area contributed by atoms with Gasteiger partial charge in [-0.1, -0.05) is 36.4 Å². The molecule has 1 fully saturated rings. The number of rotatable bonds is 9. The minimum absolute atomic E-state index is 0.874. The van der Waals surface area contributed by atoms with Gasteiger partial charge in [0.2, 0.25) is 0 Å². The van der Waals surface area contributed by atoms with Crippen molar-refractivity contribution < 1.29 is 4.74 Å². The number of morpholine rings is 1. The van der Waals surface area contributed by atoms with Crippen LogP contribution in [0.15, 0.2) is 65.6 Å². The lowest BCUT2D eigenvalue weighted by Gasteiger charge is -2.31. The van der Waals surface area contributed by atoms with Gasteiger partial charge < -0.3 is 9.64 Å². The molecule has 0 unspecified atom stereocenters. The zero-order chi connectivity index (χ0) is 17.2. The van der Waals surface area contributed by atoms with E-state index in [2.05, 4.69) is 70.5 Å². The Morgan fingerprint density at radius 1 is 0.880 bits per heavy atom. The summed E-state index contributed by atoms with van der Waals surface area (Å²) >= 11 is 1.95. The lowest BCUT2D eigenvalue weighted by Crippen LogP contribution is -2.41. The second-order valence-corrected chi connectivity index (χ2v) is 7.46. The Balaban J connectivity index is 1.47. The molecule has 2 aromatic rings. The first-order valence-corrected chi connectivity index (χ1v) is 10.2. The van der Waals surface area contributed by atoms with E-state index < -0.39 is 0 Å². The van der Waals surface area contributed by atoms with Crippen molar-refractivity contribution in [3.05, 3.63) is 60.7 Å². The van der Waals surface area contributed by atoms with Gasteiger partial charge in [-0.25, -0.2) is 0 Å². The minimum atomic E-state index is 0.874. The highest BCUT2D eigenvalue weighted by Crippen LogP contribution is 2.19. The average molecular weight is 357 g/mol. The van der Waals surface area contributed by atoms with Crippen molar-refractivity contribution in [3.63, 3.8) is 0 Å². The second kappa shape index (κ2) is 10.5. The third kappa shape index (κ3) is 6.38. The molecule has 25 heavy (non-hydrogen) atoms. The lowest BCUT2D eigenvalue weighted by molar-refractivity contribution is 0.0392. The smallest absolute Gasteiger partial charge is 0.0594 e. The van der Waals surface area contributed by atoms with Crippen LogP contribution in [0.3, 0.4) is 0 Å². The van der Waals surface area contributed by atoms with E-state index in [1.807, 2.05) is 11.8 Å². The number of thioether (sulfide) groups is 1. The van der Waals surface area contributed by atoms with Crippen LogP contribution < -0.4 is 4.90 Å². The summed E-state index contributed by atoms with van der Waals surface area (Å²) < 4.78 is 5.45. The summed E-state index contributed by atoms with van der Waals surface area (Å²) in [7, 11) is 0. The molecule has 2 aromatic carbocycles. The van der Waals surface area contributed by atoms with E-state index in [1.165, 1.54) is 17.0 Å². The Kier molecular flexibility index (Phi) is 7.68. The number of anilines is 1. The van der Waals surface area contributed by atoms with E-state index in [0.717, 1.165) is 51.7 Å². The molecule has 0 saturated carbocycles. The predicted octanol–water partition coefficient (Wildman–Crippen LogP) is 4.01. The van der Waals surface area contributed by atoms with Crippen LogP contribution >= 0.6 is 11.8 Å². The maximum absolute atomic E-state index is 5.45. The summed E-state index contributed by atoms with van der Waals surface area (Å²) in [5.41, 5.74) is 1.33. The van der Waals surface area contributed by atoms with E-state index >= 15 is 0 Å². The second-order valence-electron chi connectivity index (χ2n) is 6.29. The van der Waals surface area contributed by atoms with Gasteiger partial charge in [-0.2, -0.15) is 0 Å². The van der Waals surface area contributed by atoms with Crippen molar-refractivity contribution in [1.82, 2.24) is 4.90 Å². The summed E-state index contributed by atoms with van der Waals surface area (Å²) in [4.78, 5) is 6.40. The first-order chi connectivity index (χ1) is 12.4. The van der Waals surface area contributed by atoms with Crippen molar-refractivity contribution >= 4 is 17.4 Å². The molecule has 3 nitrogen and oxygen atoms in total. The molecule has 0 N–H and O–H groups in total. The van der Waals surface area contributed by atoms with Gasteiger partial charge in [-0.3, -0.25) is 4.90 Å². The van der Waals surface area contributed by atoms with Crippen molar-refractivity contribution in [2.45, 2.75) is 11.3 Å². The Morgan fingerprint density at radius 2 is 1.56 bits per heavy atom. The van der Waals surface area contributed by atoms with Crippen LogP contribution in [0.2, 0.25) is 0 Å². The van der Waals surface area contributed by atoms with Crippen LogP contribution in [0.4, 0.5) is 5.69 Å². The fourth-order valence-corrected chi connectivity index (χ4v) is 3.92. The highest BCUT2D eigenvalue weighted by Gasteiger charge is 2.12. The normalized spacial score (nSPS) is 15.2. The molecule has 4 heteroatoms. The Morgan fingerprint density at radius 3 is 2.28 bits per heavy atom. The van der Waals surface area contributed by atoms with Crippen LogP contribution in [-0.4, -0.2) is 56.6 Å². The number of hydrogen-bond acceptors (Lipinski definition) is 4. The van der Waals surface area contributed by atoms with Gasteiger partial charge >= 0.3 is 0 Å². The maximum atomic E-state index is 5.45. The van der Waals surface area contributed by atoms with Gasteiger partial charge in [0.15, 0.2) is 0 Å². The van der Waals surface area contributed by atoms with Crippen LogP contribution in [0, 0.1) is 0 Å². The van der Waals surface area contributed by atoms with Crippen molar-refractivity contribution in [3.8, 4) is 0 Å². The molecular formula is C21H28N2OS. The summed E-state index contributed by atoms with van der Waals surface area (Å²) in [6.45, 7) is 7.18. The average Bonchev–Trinajstić information content (AvgIpc) is 2.70. The van der Waals surface area contributed by atoms with Gasteiger partial charge in [0, 0.05) is 43.3 Å². The van der Waals surface area contributed by atoms with Crippen LogP contribution in [0.25, 0.3) is 0 Å². The van der Waals surface area contributed by atoms with Gasteiger partial charge in [-0.05, 0) is 36.4 Å². The van der Waals surface area contributed by atoms with E-state index in [9.17, 15) is 0 Å². The lowest BCUT2D eigenvalue weighted by atomic mass is 10.2. The van der Waals surface area contributed by atoms with Crippen LogP contribution in [0.1, 0.15) is 6.42 Å². The van der Waals surface area contributed by atoms with Crippen LogP contribution in [-0.2, 0) is 4.74 Å². The SMILES string of the molecule is c1ccc(SCCCN(CCN2CCOCC2)c2ccccc2)cc1. The zero-order valence-corrected chi connectivity index (χ0v) is 15.7. The molecule has 0 amide bonds. The molecule has 134 valence electrons. The largest absolute Gasteiger partial charge is 0.379 e. The predicted molar refractivity (Wildman–Crippen MR) is 108 cm³/mol. The van der Waals surface area contributed by atoms with Gasteiger partial charge in [-0.15, -0.1) is 11.8 Å².